The van der Waals surface area contributed by atoms with Gasteiger partial charge in [0.25, 0.3) is 11.8 Å². The van der Waals surface area contributed by atoms with E-state index >= 15 is 0 Å². The van der Waals surface area contributed by atoms with Gasteiger partial charge < -0.3 is 19.9 Å². The van der Waals surface area contributed by atoms with E-state index in [1.165, 1.54) is 0 Å². The van der Waals surface area contributed by atoms with Gasteiger partial charge in [-0.2, -0.15) is 0 Å². The van der Waals surface area contributed by atoms with Crippen LogP contribution in [0.25, 0.3) is 0 Å². The van der Waals surface area contributed by atoms with Gasteiger partial charge in [-0.3, -0.25) is 9.59 Å². The number of nitrogens with zero attached hydrogens (tertiary/aromatic N) is 2. The minimum Gasteiger partial charge on any atom is -0.494 e. The van der Waals surface area contributed by atoms with Crippen LogP contribution in [0.15, 0.2) is 72.8 Å². The Balaban J connectivity index is 1.31. The Labute approximate surface area is 194 Å². The summed E-state index contributed by atoms with van der Waals surface area (Å²) >= 11 is 0. The van der Waals surface area contributed by atoms with Crippen LogP contribution < -0.4 is 15.0 Å². The van der Waals surface area contributed by atoms with Crippen molar-refractivity contribution >= 4 is 23.2 Å². The van der Waals surface area contributed by atoms with Crippen LogP contribution in [0.5, 0.6) is 5.75 Å². The van der Waals surface area contributed by atoms with Gasteiger partial charge in [-0.15, -0.1) is 0 Å². The molecule has 6 nitrogen and oxygen atoms in total. The fraction of sp³-hybridized carbons (Fsp3) is 0.259. The molecule has 2 amide bonds. The number of ether oxygens (including phenoxy) is 1. The van der Waals surface area contributed by atoms with Crippen LogP contribution >= 0.6 is 0 Å². The fourth-order valence-corrected chi connectivity index (χ4v) is 3.87. The van der Waals surface area contributed by atoms with Crippen molar-refractivity contribution in [1.82, 2.24) is 4.90 Å². The average molecular weight is 444 g/mol. The highest BCUT2D eigenvalue weighted by atomic mass is 16.5. The second kappa shape index (κ2) is 10.2. The molecule has 33 heavy (non-hydrogen) atoms. The first kappa shape index (κ1) is 22.4. The van der Waals surface area contributed by atoms with Gasteiger partial charge >= 0.3 is 0 Å². The van der Waals surface area contributed by atoms with E-state index in [0.29, 0.717) is 25.3 Å². The van der Waals surface area contributed by atoms with Crippen molar-refractivity contribution in [3.05, 3.63) is 89.5 Å². The van der Waals surface area contributed by atoms with Crippen molar-refractivity contribution in [3.8, 4) is 5.75 Å². The molecule has 4 rings (SSSR count). The van der Waals surface area contributed by atoms with Crippen LogP contribution in [0.1, 0.15) is 33.2 Å². The van der Waals surface area contributed by atoms with Crippen molar-refractivity contribution < 1.29 is 14.3 Å². The number of amides is 2. The molecular formula is C27H29N3O3. The molecule has 0 spiro atoms. The summed E-state index contributed by atoms with van der Waals surface area (Å²) in [5.74, 6) is 0.676. The Morgan fingerprint density at radius 1 is 0.818 bits per heavy atom. The highest BCUT2D eigenvalue weighted by molar-refractivity contribution is 6.04. The molecule has 0 aromatic heterocycles. The lowest BCUT2D eigenvalue weighted by atomic mass is 10.1. The van der Waals surface area contributed by atoms with Crippen molar-refractivity contribution in [1.29, 1.82) is 0 Å². The van der Waals surface area contributed by atoms with Crippen LogP contribution in [0.4, 0.5) is 11.4 Å². The summed E-state index contributed by atoms with van der Waals surface area (Å²) < 4.78 is 5.42. The normalized spacial score (nSPS) is 13.5. The summed E-state index contributed by atoms with van der Waals surface area (Å²) in [5, 5.41) is 2.93. The number of hydrogen-bond acceptors (Lipinski definition) is 4. The monoisotopic (exact) mass is 443 g/mol. The van der Waals surface area contributed by atoms with Gasteiger partial charge in [-0.1, -0.05) is 17.7 Å². The predicted molar refractivity (Wildman–Crippen MR) is 131 cm³/mol. The number of nitrogens with one attached hydrogen (secondary N) is 1. The predicted octanol–water partition coefficient (Wildman–Crippen LogP) is 4.61. The second-order valence-electron chi connectivity index (χ2n) is 8.10. The zero-order valence-corrected chi connectivity index (χ0v) is 19.1. The molecule has 0 atom stereocenters. The molecular weight excluding hydrogens is 414 g/mol. The zero-order valence-electron chi connectivity index (χ0n) is 19.1. The van der Waals surface area contributed by atoms with Crippen molar-refractivity contribution in [2.24, 2.45) is 0 Å². The van der Waals surface area contributed by atoms with E-state index in [2.05, 4.69) is 10.2 Å². The van der Waals surface area contributed by atoms with E-state index in [4.69, 9.17) is 4.74 Å². The van der Waals surface area contributed by atoms with Crippen LogP contribution in [0.3, 0.4) is 0 Å². The molecule has 1 saturated heterocycles. The Kier molecular flexibility index (Phi) is 6.93. The number of carbonyl (C=O) groups excluding carboxylic acids is 2. The van der Waals surface area contributed by atoms with Crippen LogP contribution in [-0.4, -0.2) is 49.5 Å². The van der Waals surface area contributed by atoms with E-state index < -0.39 is 0 Å². The number of piperazine rings is 1. The molecule has 1 fully saturated rings. The first-order valence-corrected chi connectivity index (χ1v) is 11.3. The molecule has 1 N–H and O–H groups in total. The van der Waals surface area contributed by atoms with Crippen molar-refractivity contribution in [2.75, 3.05) is 43.0 Å². The molecule has 0 unspecified atom stereocenters. The average Bonchev–Trinajstić information content (AvgIpc) is 2.85. The van der Waals surface area contributed by atoms with Crippen molar-refractivity contribution in [2.45, 2.75) is 13.8 Å². The van der Waals surface area contributed by atoms with Gasteiger partial charge in [0.2, 0.25) is 0 Å². The van der Waals surface area contributed by atoms with E-state index in [1.807, 2.05) is 67.3 Å². The summed E-state index contributed by atoms with van der Waals surface area (Å²) in [4.78, 5) is 29.4. The van der Waals surface area contributed by atoms with Gasteiger partial charge in [-0.25, -0.2) is 0 Å². The summed E-state index contributed by atoms with van der Waals surface area (Å²) in [7, 11) is 0. The molecule has 0 bridgehead atoms. The highest BCUT2D eigenvalue weighted by Gasteiger charge is 2.22. The Morgan fingerprint density at radius 2 is 1.42 bits per heavy atom. The minimum atomic E-state index is -0.158. The third-order valence-electron chi connectivity index (χ3n) is 5.78. The number of rotatable bonds is 6. The molecule has 3 aromatic rings. The largest absolute Gasteiger partial charge is 0.494 e. The maximum absolute atomic E-state index is 12.7. The molecule has 1 aliphatic rings. The van der Waals surface area contributed by atoms with E-state index in [1.54, 1.807) is 24.3 Å². The summed E-state index contributed by atoms with van der Waals surface area (Å²) in [6.07, 6.45) is 0. The molecule has 0 saturated carbocycles. The van der Waals surface area contributed by atoms with Crippen LogP contribution in [0, 0.1) is 6.92 Å². The number of aryl methyl sites for hydroxylation is 1. The zero-order chi connectivity index (χ0) is 23.2. The molecule has 3 aromatic carbocycles. The quantitative estimate of drug-likeness (QED) is 0.604. The summed E-state index contributed by atoms with van der Waals surface area (Å²) in [6.45, 7) is 7.45. The van der Waals surface area contributed by atoms with E-state index in [0.717, 1.165) is 41.3 Å². The topological polar surface area (TPSA) is 61.9 Å². The fourth-order valence-electron chi connectivity index (χ4n) is 3.87. The maximum Gasteiger partial charge on any atom is 0.255 e. The number of carbonyl (C=O) groups is 2. The molecule has 0 aliphatic carbocycles. The molecule has 170 valence electrons. The summed E-state index contributed by atoms with van der Waals surface area (Å²) in [6, 6.07) is 22.7. The van der Waals surface area contributed by atoms with Gasteiger partial charge in [0.05, 0.1) is 6.61 Å². The molecule has 1 heterocycles. The van der Waals surface area contributed by atoms with Crippen molar-refractivity contribution in [3.63, 3.8) is 0 Å². The number of hydrogen-bond donors (Lipinski definition) is 1. The summed E-state index contributed by atoms with van der Waals surface area (Å²) in [5.41, 5.74) is 4.29. The SMILES string of the molecule is CCOc1ccc(C(=O)Nc2ccc(N3CCN(C(=O)c4ccc(C)cc4)CC3)cc2)cc1. The third-order valence-corrected chi connectivity index (χ3v) is 5.78. The molecule has 0 radical (unpaired) electrons. The third kappa shape index (κ3) is 5.52. The Hall–Kier alpha value is -3.80. The molecule has 1 aliphatic heterocycles. The lowest BCUT2D eigenvalue weighted by Gasteiger charge is -2.36. The standard InChI is InChI=1S/C27H29N3O3/c1-3-33-25-14-8-21(9-15-25)26(31)28-23-10-12-24(13-11-23)29-16-18-30(19-17-29)27(32)22-6-4-20(2)5-7-22/h4-15H,3,16-19H2,1-2H3,(H,28,31). The highest BCUT2D eigenvalue weighted by Crippen LogP contribution is 2.21. The van der Waals surface area contributed by atoms with Gasteiger partial charge in [0.15, 0.2) is 0 Å². The Morgan fingerprint density at radius 3 is 2.03 bits per heavy atom. The smallest absolute Gasteiger partial charge is 0.255 e. The van der Waals surface area contributed by atoms with Gasteiger partial charge in [0, 0.05) is 48.7 Å². The minimum absolute atomic E-state index is 0.0852. The van der Waals surface area contributed by atoms with Gasteiger partial charge in [-0.05, 0) is 74.5 Å². The van der Waals surface area contributed by atoms with Crippen LogP contribution in [0.2, 0.25) is 0 Å². The maximum atomic E-state index is 12.7. The van der Waals surface area contributed by atoms with Gasteiger partial charge in [0.1, 0.15) is 5.75 Å². The first-order valence-electron chi connectivity index (χ1n) is 11.3. The lowest BCUT2D eigenvalue weighted by Crippen LogP contribution is -2.48. The first-order chi connectivity index (χ1) is 16.0. The molecule has 6 heteroatoms. The lowest BCUT2D eigenvalue weighted by molar-refractivity contribution is 0.0746. The number of benzene rings is 3. The van der Waals surface area contributed by atoms with Crippen LogP contribution in [-0.2, 0) is 0 Å². The number of anilines is 2. The van der Waals surface area contributed by atoms with E-state index in [9.17, 15) is 9.59 Å². The van der Waals surface area contributed by atoms with E-state index in [-0.39, 0.29) is 11.8 Å². The second-order valence-corrected chi connectivity index (χ2v) is 8.10. The Bertz CT molecular complexity index is 1080.